The topological polar surface area (TPSA) is 40.6 Å². The Kier molecular flexibility index (Phi) is 6.16. The van der Waals surface area contributed by atoms with Crippen LogP contribution in [-0.2, 0) is 11.3 Å². The van der Waals surface area contributed by atoms with Gasteiger partial charge in [0.2, 0.25) is 5.91 Å². The number of thioether (sulfide) groups is 1. The molecule has 2 aromatic carbocycles. The second kappa shape index (κ2) is 8.80. The second-order valence-electron chi connectivity index (χ2n) is 7.79. The molecule has 0 N–H and O–H groups in total. The summed E-state index contributed by atoms with van der Waals surface area (Å²) in [6.45, 7) is 0.554. The van der Waals surface area contributed by atoms with Gasteiger partial charge in [-0.2, -0.15) is 0 Å². The molecule has 2 aliphatic rings. The third-order valence-corrected chi connectivity index (χ3v) is 7.38. The lowest BCUT2D eigenvalue weighted by Gasteiger charge is -2.26. The number of hydrogen-bond donors (Lipinski definition) is 0. The minimum absolute atomic E-state index is 0.0325. The molecule has 152 valence electrons. The van der Waals surface area contributed by atoms with Crippen molar-refractivity contribution in [3.63, 3.8) is 0 Å². The van der Waals surface area contributed by atoms with Gasteiger partial charge in [-0.25, -0.2) is 0 Å². The van der Waals surface area contributed by atoms with E-state index in [1.54, 1.807) is 11.8 Å². The van der Waals surface area contributed by atoms with Crippen molar-refractivity contribution >= 4 is 35.2 Å². The van der Waals surface area contributed by atoms with Gasteiger partial charge in [0.05, 0.1) is 5.75 Å². The van der Waals surface area contributed by atoms with Crippen LogP contribution in [0.5, 0.6) is 0 Å². The normalized spacial score (nSPS) is 19.7. The quantitative estimate of drug-likeness (QED) is 0.662. The second-order valence-corrected chi connectivity index (χ2v) is 9.29. The lowest BCUT2D eigenvalue weighted by Crippen LogP contribution is -2.35. The zero-order chi connectivity index (χ0) is 20.4. The third-order valence-electron chi connectivity index (χ3n) is 5.87. The lowest BCUT2D eigenvalue weighted by atomic mass is 10.1. The van der Waals surface area contributed by atoms with E-state index >= 15 is 0 Å². The number of halogens is 1. The number of nitrogens with zero attached hydrogens (tertiary/aromatic N) is 2. The highest BCUT2D eigenvalue weighted by Crippen LogP contribution is 2.39. The SMILES string of the molecule is CN(C(=O)c1ccc([C@H]2SCC(=O)N2Cc2ccc(Cl)cc2)cc1)C1CCCC1. The molecule has 4 rings (SSSR count). The fourth-order valence-electron chi connectivity index (χ4n) is 4.14. The summed E-state index contributed by atoms with van der Waals surface area (Å²) in [6.07, 6.45) is 4.61. The Morgan fingerprint density at radius 3 is 2.41 bits per heavy atom. The summed E-state index contributed by atoms with van der Waals surface area (Å²) < 4.78 is 0. The summed E-state index contributed by atoms with van der Waals surface area (Å²) in [6, 6.07) is 15.7. The number of amides is 2. The van der Waals surface area contributed by atoms with Crippen LogP contribution >= 0.6 is 23.4 Å². The molecule has 29 heavy (non-hydrogen) atoms. The smallest absolute Gasteiger partial charge is 0.253 e. The largest absolute Gasteiger partial charge is 0.339 e. The molecule has 6 heteroatoms. The maximum atomic E-state index is 12.8. The lowest BCUT2D eigenvalue weighted by molar-refractivity contribution is -0.128. The summed E-state index contributed by atoms with van der Waals surface area (Å²) >= 11 is 7.60. The Morgan fingerprint density at radius 2 is 1.76 bits per heavy atom. The van der Waals surface area contributed by atoms with Crippen LogP contribution < -0.4 is 0 Å². The zero-order valence-electron chi connectivity index (χ0n) is 16.5. The van der Waals surface area contributed by atoms with Crippen LogP contribution in [0.3, 0.4) is 0 Å². The van der Waals surface area contributed by atoms with E-state index in [2.05, 4.69) is 0 Å². The van der Waals surface area contributed by atoms with E-state index in [-0.39, 0.29) is 17.2 Å². The van der Waals surface area contributed by atoms with Crippen LogP contribution in [0.4, 0.5) is 0 Å². The van der Waals surface area contributed by atoms with Crippen molar-refractivity contribution in [2.24, 2.45) is 0 Å². The first-order valence-corrected chi connectivity index (χ1v) is 11.5. The predicted molar refractivity (Wildman–Crippen MR) is 118 cm³/mol. The predicted octanol–water partition coefficient (Wildman–Crippen LogP) is 5.13. The third kappa shape index (κ3) is 4.46. The van der Waals surface area contributed by atoms with Gasteiger partial charge in [-0.1, -0.05) is 48.7 Å². The molecule has 1 heterocycles. The average Bonchev–Trinajstić information content (AvgIpc) is 3.40. The molecule has 0 unspecified atom stereocenters. The van der Waals surface area contributed by atoms with E-state index < -0.39 is 0 Å². The molecule has 1 saturated heterocycles. The Hall–Kier alpha value is -1.98. The highest BCUT2D eigenvalue weighted by Gasteiger charge is 2.33. The van der Waals surface area contributed by atoms with E-state index in [0.29, 0.717) is 28.9 Å². The molecule has 2 fully saturated rings. The Morgan fingerprint density at radius 1 is 1.10 bits per heavy atom. The molecule has 0 spiro atoms. The molecular weight excluding hydrogens is 404 g/mol. The Balaban J connectivity index is 1.47. The van der Waals surface area contributed by atoms with Crippen molar-refractivity contribution < 1.29 is 9.59 Å². The molecule has 2 amide bonds. The van der Waals surface area contributed by atoms with Crippen LogP contribution in [0, 0.1) is 0 Å². The molecule has 4 nitrogen and oxygen atoms in total. The Bertz CT molecular complexity index is 879. The molecule has 1 aliphatic heterocycles. The van der Waals surface area contributed by atoms with E-state index in [1.165, 1.54) is 12.8 Å². The monoisotopic (exact) mass is 428 g/mol. The van der Waals surface area contributed by atoms with Crippen LogP contribution in [0.15, 0.2) is 48.5 Å². The van der Waals surface area contributed by atoms with Crippen molar-refractivity contribution in [2.75, 3.05) is 12.8 Å². The molecule has 1 atom stereocenters. The van der Waals surface area contributed by atoms with Gasteiger partial charge in [0.15, 0.2) is 0 Å². The molecular formula is C23H25ClN2O2S. The molecule has 1 aliphatic carbocycles. The minimum Gasteiger partial charge on any atom is -0.339 e. The standard InChI is InChI=1S/C23H25ClN2O2S/c1-25(20-4-2-3-5-20)22(28)17-8-10-18(11-9-17)23-26(21(27)15-29-23)14-16-6-12-19(24)13-7-16/h6-13,20,23H,2-5,14-15H2,1H3/t23-/m1/s1. The van der Waals surface area contributed by atoms with Gasteiger partial charge in [0, 0.05) is 30.2 Å². The zero-order valence-corrected chi connectivity index (χ0v) is 18.1. The van der Waals surface area contributed by atoms with Crippen LogP contribution in [-0.4, -0.2) is 40.5 Å². The van der Waals surface area contributed by atoms with Gasteiger partial charge in [-0.05, 0) is 48.2 Å². The van der Waals surface area contributed by atoms with E-state index in [1.807, 2.05) is 65.4 Å². The van der Waals surface area contributed by atoms with Gasteiger partial charge in [-0.15, -0.1) is 11.8 Å². The van der Waals surface area contributed by atoms with Crippen molar-refractivity contribution in [3.05, 3.63) is 70.2 Å². The number of rotatable bonds is 5. The summed E-state index contributed by atoms with van der Waals surface area (Å²) in [5.41, 5.74) is 2.82. The Labute approximate surface area is 181 Å². The summed E-state index contributed by atoms with van der Waals surface area (Å²) in [5.74, 6) is 0.691. The van der Waals surface area contributed by atoms with Crippen LogP contribution in [0.25, 0.3) is 0 Å². The maximum absolute atomic E-state index is 12.8. The minimum atomic E-state index is -0.0325. The number of hydrogen-bond acceptors (Lipinski definition) is 3. The van der Waals surface area contributed by atoms with Crippen molar-refractivity contribution in [2.45, 2.75) is 43.6 Å². The fraction of sp³-hybridized carbons (Fsp3) is 0.391. The van der Waals surface area contributed by atoms with Gasteiger partial charge >= 0.3 is 0 Å². The van der Waals surface area contributed by atoms with Gasteiger partial charge in [0.25, 0.3) is 5.91 Å². The first kappa shape index (κ1) is 20.3. The highest BCUT2D eigenvalue weighted by atomic mass is 35.5. The molecule has 0 aromatic heterocycles. The van der Waals surface area contributed by atoms with Gasteiger partial charge < -0.3 is 9.80 Å². The van der Waals surface area contributed by atoms with Crippen molar-refractivity contribution in [1.82, 2.24) is 9.80 Å². The first-order valence-electron chi connectivity index (χ1n) is 10.1. The van der Waals surface area contributed by atoms with Gasteiger partial charge in [-0.3, -0.25) is 9.59 Å². The van der Waals surface area contributed by atoms with Crippen LogP contribution in [0.1, 0.15) is 52.5 Å². The number of carbonyl (C=O) groups excluding carboxylic acids is 2. The maximum Gasteiger partial charge on any atom is 0.253 e. The first-order chi connectivity index (χ1) is 14.0. The van der Waals surface area contributed by atoms with E-state index in [0.717, 1.165) is 24.0 Å². The number of benzene rings is 2. The molecule has 0 radical (unpaired) electrons. The highest BCUT2D eigenvalue weighted by molar-refractivity contribution is 8.00. The van der Waals surface area contributed by atoms with Crippen molar-refractivity contribution in [3.8, 4) is 0 Å². The summed E-state index contributed by atoms with van der Waals surface area (Å²) in [7, 11) is 1.91. The van der Waals surface area contributed by atoms with Crippen LogP contribution in [0.2, 0.25) is 5.02 Å². The van der Waals surface area contributed by atoms with Crippen molar-refractivity contribution in [1.29, 1.82) is 0 Å². The van der Waals surface area contributed by atoms with Gasteiger partial charge in [0.1, 0.15) is 5.37 Å². The van der Waals surface area contributed by atoms with E-state index in [4.69, 9.17) is 11.6 Å². The van der Waals surface area contributed by atoms with E-state index in [9.17, 15) is 9.59 Å². The molecule has 1 saturated carbocycles. The summed E-state index contributed by atoms with van der Waals surface area (Å²) in [5, 5.41) is 0.658. The number of carbonyl (C=O) groups is 2. The fourth-order valence-corrected chi connectivity index (χ4v) is 5.45. The summed E-state index contributed by atoms with van der Waals surface area (Å²) in [4.78, 5) is 29.0. The molecule has 2 aromatic rings. The molecule has 0 bridgehead atoms. The average molecular weight is 429 g/mol.